The van der Waals surface area contributed by atoms with Gasteiger partial charge in [0.05, 0.1) is 22.9 Å². The highest BCUT2D eigenvalue weighted by atomic mass is 32.2. The first-order valence-electron chi connectivity index (χ1n) is 9.69. The Morgan fingerprint density at radius 2 is 1.97 bits per heavy atom. The summed E-state index contributed by atoms with van der Waals surface area (Å²) >= 11 is 1.24. The quantitative estimate of drug-likeness (QED) is 0.724. The van der Waals surface area contributed by atoms with Gasteiger partial charge in [-0.15, -0.1) is 0 Å². The second-order valence-electron chi connectivity index (χ2n) is 6.81. The number of nitrogens with one attached hydrogen (secondary N) is 1. The van der Waals surface area contributed by atoms with Gasteiger partial charge in [-0.1, -0.05) is 6.07 Å². The summed E-state index contributed by atoms with van der Waals surface area (Å²) in [4.78, 5) is 19.3. The Hall–Kier alpha value is -2.80. The van der Waals surface area contributed by atoms with Crippen molar-refractivity contribution >= 4 is 40.3 Å². The minimum Gasteiger partial charge on any atom is -0.494 e. The number of ether oxygens (including phenoxy) is 1. The zero-order chi connectivity index (χ0) is 20.2. The van der Waals surface area contributed by atoms with Crippen molar-refractivity contribution in [2.24, 2.45) is 4.99 Å². The minimum atomic E-state index is -0.257. The number of aliphatic imine (C=N–C) groups is 1. The fraction of sp³-hybridized carbons (Fsp3) is 0.273. The number of carbonyl (C=O) groups excluding carboxylic acids is 1. The molecule has 2 aliphatic heterocycles. The molecule has 2 saturated heterocycles. The number of amides is 1. The van der Waals surface area contributed by atoms with Crippen LogP contribution in [-0.4, -0.2) is 30.8 Å². The number of hydrogen-bond donors (Lipinski definition) is 1. The molecule has 2 heterocycles. The number of hydrogen-bond acceptors (Lipinski definition) is 5. The Labute approximate surface area is 173 Å². The normalized spacial score (nSPS) is 19.2. The minimum absolute atomic E-state index is 0.233. The smallest absolute Gasteiger partial charge is 0.264 e. The van der Waals surface area contributed by atoms with Gasteiger partial charge < -0.3 is 15.0 Å². The number of nitrogens with zero attached hydrogens (tertiary/aromatic N) is 2. The molecule has 0 spiro atoms. The van der Waals surface area contributed by atoms with Crippen LogP contribution in [0, 0.1) is 5.82 Å². The van der Waals surface area contributed by atoms with Crippen molar-refractivity contribution < 1.29 is 13.9 Å². The molecule has 2 aromatic rings. The molecule has 0 atom stereocenters. The van der Waals surface area contributed by atoms with Crippen molar-refractivity contribution in [2.75, 3.05) is 24.6 Å². The summed E-state index contributed by atoms with van der Waals surface area (Å²) < 4.78 is 19.9. The molecule has 0 saturated carbocycles. The third kappa shape index (κ3) is 4.62. The molecule has 0 bridgehead atoms. The summed E-state index contributed by atoms with van der Waals surface area (Å²) in [5.41, 5.74) is 2.01. The zero-order valence-corrected chi connectivity index (χ0v) is 17.0. The van der Waals surface area contributed by atoms with Crippen LogP contribution in [0.5, 0.6) is 5.75 Å². The van der Waals surface area contributed by atoms with Gasteiger partial charge in [-0.3, -0.25) is 4.79 Å². The van der Waals surface area contributed by atoms with Gasteiger partial charge in [0, 0.05) is 13.1 Å². The average Bonchev–Trinajstić information content (AvgIpc) is 3.34. The van der Waals surface area contributed by atoms with Gasteiger partial charge in [-0.25, -0.2) is 9.38 Å². The molecular formula is C22H22FN3O2S. The molecule has 0 aliphatic carbocycles. The van der Waals surface area contributed by atoms with Crippen LogP contribution in [0.2, 0.25) is 0 Å². The fourth-order valence-corrected chi connectivity index (χ4v) is 4.20. The van der Waals surface area contributed by atoms with Crippen molar-refractivity contribution in [2.45, 2.75) is 19.8 Å². The molecule has 0 aromatic heterocycles. The van der Waals surface area contributed by atoms with Crippen molar-refractivity contribution in [1.29, 1.82) is 0 Å². The van der Waals surface area contributed by atoms with Crippen LogP contribution in [-0.2, 0) is 4.79 Å². The van der Waals surface area contributed by atoms with Crippen LogP contribution in [0.3, 0.4) is 0 Å². The standard InChI is InChI=1S/C22H22FN3O2S/c1-2-28-17-8-6-16(7-9-17)24-22-25-21(27)20(29-22)14-15-5-10-19(18(23)13-15)26-11-3-4-12-26/h5-10,13-14H,2-4,11-12H2,1H3,(H,24,25,27)/b20-14+. The second-order valence-corrected chi connectivity index (χ2v) is 7.84. The molecule has 2 fully saturated rings. The molecule has 29 heavy (non-hydrogen) atoms. The van der Waals surface area contributed by atoms with Gasteiger partial charge in [-0.2, -0.15) is 0 Å². The molecule has 2 aliphatic rings. The lowest BCUT2D eigenvalue weighted by Gasteiger charge is -2.18. The molecule has 5 nitrogen and oxygen atoms in total. The van der Waals surface area contributed by atoms with Crippen LogP contribution in [0.4, 0.5) is 15.8 Å². The molecular weight excluding hydrogens is 389 g/mol. The Kier molecular flexibility index (Phi) is 5.85. The Morgan fingerprint density at radius 3 is 2.66 bits per heavy atom. The number of rotatable bonds is 5. The van der Waals surface area contributed by atoms with Crippen LogP contribution in [0.25, 0.3) is 6.08 Å². The third-order valence-corrected chi connectivity index (χ3v) is 5.66. The monoisotopic (exact) mass is 411 g/mol. The summed E-state index contributed by atoms with van der Waals surface area (Å²) in [6.45, 7) is 4.31. The first-order valence-corrected chi connectivity index (χ1v) is 10.5. The van der Waals surface area contributed by atoms with Gasteiger partial charge in [0.2, 0.25) is 0 Å². The van der Waals surface area contributed by atoms with Crippen LogP contribution < -0.4 is 15.0 Å². The van der Waals surface area contributed by atoms with E-state index >= 15 is 0 Å². The maximum Gasteiger partial charge on any atom is 0.264 e. The Balaban J connectivity index is 1.48. The van der Waals surface area contributed by atoms with E-state index < -0.39 is 0 Å². The summed E-state index contributed by atoms with van der Waals surface area (Å²) in [6.07, 6.45) is 3.88. The van der Waals surface area contributed by atoms with E-state index in [1.165, 1.54) is 17.8 Å². The van der Waals surface area contributed by atoms with Gasteiger partial charge in [0.1, 0.15) is 11.6 Å². The van der Waals surface area contributed by atoms with E-state index in [1.807, 2.05) is 37.3 Å². The SMILES string of the molecule is CCOc1ccc(N=C2NC(=O)/C(=C\c3ccc(N4CCCC4)c(F)c3)S2)cc1. The summed E-state index contributed by atoms with van der Waals surface area (Å²) in [7, 11) is 0. The highest BCUT2D eigenvalue weighted by Crippen LogP contribution is 2.30. The van der Waals surface area contributed by atoms with E-state index in [2.05, 4.69) is 15.2 Å². The predicted molar refractivity (Wildman–Crippen MR) is 116 cm³/mol. The van der Waals surface area contributed by atoms with Gasteiger partial charge >= 0.3 is 0 Å². The van der Waals surface area contributed by atoms with Crippen LogP contribution in [0.1, 0.15) is 25.3 Å². The lowest BCUT2D eigenvalue weighted by atomic mass is 10.1. The number of amidine groups is 1. The van der Waals surface area contributed by atoms with Gasteiger partial charge in [0.25, 0.3) is 5.91 Å². The van der Waals surface area contributed by atoms with E-state index in [9.17, 15) is 9.18 Å². The van der Waals surface area contributed by atoms with Gasteiger partial charge in [0.15, 0.2) is 5.17 Å². The van der Waals surface area contributed by atoms with E-state index in [0.717, 1.165) is 37.4 Å². The fourth-order valence-electron chi connectivity index (χ4n) is 3.36. The topological polar surface area (TPSA) is 53.9 Å². The van der Waals surface area contributed by atoms with Crippen molar-refractivity contribution in [3.05, 3.63) is 58.8 Å². The highest BCUT2D eigenvalue weighted by molar-refractivity contribution is 8.18. The number of benzene rings is 2. The van der Waals surface area contributed by atoms with Crippen LogP contribution in [0.15, 0.2) is 52.4 Å². The van der Waals surface area contributed by atoms with Crippen molar-refractivity contribution in [3.63, 3.8) is 0 Å². The number of carbonyl (C=O) groups is 1. The van der Waals surface area contributed by atoms with Gasteiger partial charge in [-0.05, 0) is 79.6 Å². The third-order valence-electron chi connectivity index (χ3n) is 4.75. The predicted octanol–water partition coefficient (Wildman–Crippen LogP) is 4.72. The first kappa shape index (κ1) is 19.5. The maximum atomic E-state index is 14.5. The summed E-state index contributed by atoms with van der Waals surface area (Å²) in [5, 5.41) is 3.26. The Bertz CT molecular complexity index is 967. The Morgan fingerprint density at radius 1 is 1.21 bits per heavy atom. The number of thioether (sulfide) groups is 1. The number of anilines is 1. The van der Waals surface area contributed by atoms with Crippen molar-refractivity contribution in [3.8, 4) is 5.75 Å². The molecule has 150 valence electrons. The maximum absolute atomic E-state index is 14.5. The van der Waals surface area contributed by atoms with E-state index in [-0.39, 0.29) is 11.7 Å². The van der Waals surface area contributed by atoms with Crippen molar-refractivity contribution in [1.82, 2.24) is 5.32 Å². The second kappa shape index (κ2) is 8.69. The number of halogens is 1. The molecule has 0 unspecified atom stereocenters. The summed E-state index contributed by atoms with van der Waals surface area (Å²) in [6, 6.07) is 12.5. The molecule has 1 amide bonds. The highest BCUT2D eigenvalue weighted by Gasteiger charge is 2.24. The molecule has 4 rings (SSSR count). The first-order chi connectivity index (χ1) is 14.1. The lowest BCUT2D eigenvalue weighted by molar-refractivity contribution is -0.115. The van der Waals surface area contributed by atoms with E-state index in [4.69, 9.17) is 4.74 Å². The summed E-state index contributed by atoms with van der Waals surface area (Å²) in [5.74, 6) is 0.288. The van der Waals surface area contributed by atoms with E-state index in [1.54, 1.807) is 12.1 Å². The molecule has 1 N–H and O–H groups in total. The molecule has 0 radical (unpaired) electrons. The molecule has 2 aromatic carbocycles. The zero-order valence-electron chi connectivity index (χ0n) is 16.2. The average molecular weight is 412 g/mol. The van der Waals surface area contributed by atoms with E-state index in [0.29, 0.717) is 27.9 Å². The van der Waals surface area contributed by atoms with Crippen LogP contribution >= 0.6 is 11.8 Å². The largest absolute Gasteiger partial charge is 0.494 e. The lowest BCUT2D eigenvalue weighted by Crippen LogP contribution is -2.19. The molecule has 7 heteroatoms.